The van der Waals surface area contributed by atoms with Crippen LogP contribution in [0.2, 0.25) is 0 Å². The molecule has 0 unspecified atom stereocenters. The first kappa shape index (κ1) is 31.8. The highest BCUT2D eigenvalue weighted by molar-refractivity contribution is 7.89. The molecule has 1 atom stereocenters. The lowest BCUT2D eigenvalue weighted by atomic mass is 10.0. The number of nitrogens with one attached hydrogen (secondary N) is 2. The summed E-state index contributed by atoms with van der Waals surface area (Å²) < 4.78 is 56.7. The zero-order valence-electron chi connectivity index (χ0n) is 23.9. The van der Waals surface area contributed by atoms with Crippen LogP contribution in [0.25, 0.3) is 11.1 Å². The second-order valence-electron chi connectivity index (χ2n) is 10.3. The molecule has 0 saturated carbocycles. The Kier molecular flexibility index (Phi) is 10.6. The number of nitrogens with two attached hydrogens (primary N) is 1. The van der Waals surface area contributed by atoms with Gasteiger partial charge in [-0.2, -0.15) is 13.5 Å². The van der Waals surface area contributed by atoms with Gasteiger partial charge in [-0.3, -0.25) is 14.6 Å². The highest BCUT2D eigenvalue weighted by Crippen LogP contribution is 2.34. The Hall–Kier alpha value is -4.16. The van der Waals surface area contributed by atoms with Gasteiger partial charge in [0.25, 0.3) is 6.08 Å². The molecule has 0 spiro atoms. The number of aromatic nitrogens is 1. The van der Waals surface area contributed by atoms with E-state index in [4.69, 9.17) is 5.73 Å². The minimum absolute atomic E-state index is 0.00430. The molecule has 12 heteroatoms. The summed E-state index contributed by atoms with van der Waals surface area (Å²) in [5.74, 6) is -0.869. The number of para-hydroxylation sites is 1. The van der Waals surface area contributed by atoms with E-state index < -0.39 is 28.1 Å². The van der Waals surface area contributed by atoms with Gasteiger partial charge in [0.2, 0.25) is 21.8 Å². The number of likely N-dealkylation sites (tertiary alicyclic amines) is 1. The van der Waals surface area contributed by atoms with Crippen LogP contribution in [0.3, 0.4) is 0 Å². The van der Waals surface area contributed by atoms with Crippen molar-refractivity contribution in [3.63, 3.8) is 0 Å². The van der Waals surface area contributed by atoms with Gasteiger partial charge in [-0.1, -0.05) is 49.4 Å². The molecule has 1 saturated heterocycles. The van der Waals surface area contributed by atoms with Gasteiger partial charge in [-0.15, -0.1) is 0 Å². The summed E-state index contributed by atoms with van der Waals surface area (Å²) in [6, 6.07) is 16.0. The van der Waals surface area contributed by atoms with Crippen LogP contribution in [-0.2, 0) is 26.0 Å². The summed E-state index contributed by atoms with van der Waals surface area (Å²) in [6.07, 6.45) is 0.974. The van der Waals surface area contributed by atoms with E-state index in [1.54, 1.807) is 55.5 Å². The van der Waals surface area contributed by atoms with E-state index in [1.807, 2.05) is 6.07 Å². The first-order valence-electron chi connectivity index (χ1n) is 14.1. The maximum absolute atomic E-state index is 13.9. The lowest BCUT2D eigenvalue weighted by Crippen LogP contribution is -2.50. The summed E-state index contributed by atoms with van der Waals surface area (Å²) >= 11 is 0. The Bertz CT molecular complexity index is 1570. The maximum Gasteiger partial charge on any atom is 0.269 e. The van der Waals surface area contributed by atoms with E-state index in [-0.39, 0.29) is 60.8 Å². The molecule has 1 aliphatic heterocycles. The van der Waals surface area contributed by atoms with Crippen molar-refractivity contribution >= 4 is 33.2 Å². The van der Waals surface area contributed by atoms with Gasteiger partial charge in [0.15, 0.2) is 0 Å². The standard InChI is InChI=1S/C31H35F2N5O4S/c1-2-28(39)36-29-25(21-8-4-3-5-9-21)11-7-13-27(29)43(41,42)37-26(12-6-10-24-15-14-23(34)20-35-24)31(40)38-18-16-22(17-19-38)30(32)33/h3-5,7-9,11,13-15,20,26,37H,2,6,10,12,16-19,34H2,1H3,(H,36,39)/t26-/m0/s1. The topological polar surface area (TPSA) is 134 Å². The van der Waals surface area contributed by atoms with Crippen molar-refractivity contribution < 1.29 is 26.8 Å². The monoisotopic (exact) mass is 611 g/mol. The van der Waals surface area contributed by atoms with Gasteiger partial charge < -0.3 is 16.0 Å². The number of carbonyl (C=O) groups excluding carboxylic acids is 2. The average molecular weight is 612 g/mol. The molecule has 2 aromatic carbocycles. The van der Waals surface area contributed by atoms with Crippen LogP contribution >= 0.6 is 0 Å². The fourth-order valence-electron chi connectivity index (χ4n) is 4.93. The van der Waals surface area contributed by atoms with Crippen molar-refractivity contribution in [3.05, 3.63) is 84.2 Å². The number of nitrogens with zero attached hydrogens (tertiary/aromatic N) is 2. The van der Waals surface area contributed by atoms with E-state index in [0.717, 1.165) is 5.69 Å². The van der Waals surface area contributed by atoms with Crippen molar-refractivity contribution in [2.24, 2.45) is 0 Å². The number of sulfonamides is 1. The summed E-state index contributed by atoms with van der Waals surface area (Å²) in [5.41, 5.74) is 8.27. The first-order valence-corrected chi connectivity index (χ1v) is 15.6. The lowest BCUT2D eigenvalue weighted by Gasteiger charge is -2.31. The minimum atomic E-state index is -4.36. The molecular weight excluding hydrogens is 576 g/mol. The number of amides is 2. The Labute approximate surface area is 250 Å². The molecule has 1 aromatic heterocycles. The number of halogens is 2. The average Bonchev–Trinajstić information content (AvgIpc) is 3.01. The number of benzene rings is 2. The molecule has 228 valence electrons. The second kappa shape index (κ2) is 14.3. The molecule has 43 heavy (non-hydrogen) atoms. The highest BCUT2D eigenvalue weighted by Gasteiger charge is 2.32. The molecule has 3 aromatic rings. The third-order valence-electron chi connectivity index (χ3n) is 7.30. The van der Waals surface area contributed by atoms with Crippen molar-refractivity contribution in [1.29, 1.82) is 0 Å². The SMILES string of the molecule is CCC(=O)Nc1c(-c2ccccc2)cccc1S(=O)(=O)N[C@@H](CCCc1ccc(N)cn1)C(=O)N1CCC(=C(F)F)CC1. The van der Waals surface area contributed by atoms with E-state index in [2.05, 4.69) is 15.0 Å². The van der Waals surface area contributed by atoms with Gasteiger partial charge in [0, 0.05) is 30.8 Å². The molecule has 2 amide bonds. The van der Waals surface area contributed by atoms with E-state index >= 15 is 0 Å². The van der Waals surface area contributed by atoms with Crippen molar-refractivity contribution in [3.8, 4) is 11.1 Å². The van der Waals surface area contributed by atoms with Crippen LogP contribution in [-0.4, -0.2) is 49.2 Å². The minimum Gasteiger partial charge on any atom is -0.397 e. The zero-order chi connectivity index (χ0) is 31.0. The molecule has 1 fully saturated rings. The number of carbonyl (C=O) groups is 2. The molecule has 4 N–H and O–H groups in total. The molecule has 0 bridgehead atoms. The van der Waals surface area contributed by atoms with Crippen LogP contribution in [0.5, 0.6) is 0 Å². The van der Waals surface area contributed by atoms with E-state index in [1.165, 1.54) is 17.2 Å². The smallest absolute Gasteiger partial charge is 0.269 e. The van der Waals surface area contributed by atoms with Crippen molar-refractivity contribution in [1.82, 2.24) is 14.6 Å². The molecule has 4 rings (SSSR count). The molecule has 1 aliphatic rings. The first-order chi connectivity index (χ1) is 20.6. The Morgan fingerprint density at radius 2 is 1.74 bits per heavy atom. The Balaban J connectivity index is 1.64. The van der Waals surface area contributed by atoms with Gasteiger partial charge in [0.1, 0.15) is 10.9 Å². The quantitative estimate of drug-likeness (QED) is 0.276. The van der Waals surface area contributed by atoms with Crippen LogP contribution in [0.15, 0.2) is 83.4 Å². The fourth-order valence-corrected chi connectivity index (χ4v) is 6.34. The largest absolute Gasteiger partial charge is 0.397 e. The van der Waals surface area contributed by atoms with Gasteiger partial charge in [-0.05, 0) is 61.4 Å². The predicted octanol–water partition coefficient (Wildman–Crippen LogP) is 5.12. The normalized spacial score (nSPS) is 14.3. The third kappa shape index (κ3) is 8.23. The molecular formula is C31H35F2N5O4S. The number of nitrogen functional groups attached to an aromatic ring is 1. The second-order valence-corrected chi connectivity index (χ2v) is 12.0. The number of pyridine rings is 1. The summed E-state index contributed by atoms with van der Waals surface area (Å²) in [4.78, 5) is 31.7. The van der Waals surface area contributed by atoms with Gasteiger partial charge in [-0.25, -0.2) is 8.42 Å². The number of hydrogen-bond donors (Lipinski definition) is 3. The van der Waals surface area contributed by atoms with E-state index in [0.29, 0.717) is 29.7 Å². The molecule has 9 nitrogen and oxygen atoms in total. The van der Waals surface area contributed by atoms with Gasteiger partial charge >= 0.3 is 0 Å². The Morgan fingerprint density at radius 1 is 1.02 bits per heavy atom. The van der Waals surface area contributed by atoms with Crippen LogP contribution in [0.4, 0.5) is 20.2 Å². The van der Waals surface area contributed by atoms with Crippen molar-refractivity contribution in [2.45, 2.75) is 56.4 Å². The van der Waals surface area contributed by atoms with Crippen molar-refractivity contribution in [2.75, 3.05) is 24.1 Å². The summed E-state index contributed by atoms with van der Waals surface area (Å²) in [7, 11) is -4.36. The number of piperidine rings is 1. The zero-order valence-corrected chi connectivity index (χ0v) is 24.7. The number of rotatable bonds is 11. The summed E-state index contributed by atoms with van der Waals surface area (Å²) in [6.45, 7) is 1.78. The molecule has 2 heterocycles. The fraction of sp³-hybridized carbons (Fsp3) is 0.323. The van der Waals surface area contributed by atoms with E-state index in [9.17, 15) is 26.8 Å². The Morgan fingerprint density at radius 3 is 2.37 bits per heavy atom. The maximum atomic E-state index is 13.9. The third-order valence-corrected chi connectivity index (χ3v) is 8.81. The molecule has 0 aliphatic carbocycles. The predicted molar refractivity (Wildman–Crippen MR) is 162 cm³/mol. The van der Waals surface area contributed by atoms with Gasteiger partial charge in [0.05, 0.1) is 17.6 Å². The van der Waals surface area contributed by atoms with Crippen LogP contribution < -0.4 is 15.8 Å². The van der Waals surface area contributed by atoms with Crippen LogP contribution in [0, 0.1) is 0 Å². The molecule has 0 radical (unpaired) electrons. The lowest BCUT2D eigenvalue weighted by molar-refractivity contribution is -0.133. The van der Waals surface area contributed by atoms with Crippen LogP contribution in [0.1, 0.15) is 44.7 Å². The number of hydrogen-bond acceptors (Lipinski definition) is 6. The number of anilines is 2. The summed E-state index contributed by atoms with van der Waals surface area (Å²) in [5, 5.41) is 2.74. The number of aryl methyl sites for hydroxylation is 1. The highest BCUT2D eigenvalue weighted by atomic mass is 32.2.